The van der Waals surface area contributed by atoms with E-state index in [9.17, 15) is 0 Å². The Balaban J connectivity index is 1.68. The molecule has 3 aromatic carbocycles. The predicted molar refractivity (Wildman–Crippen MR) is 139 cm³/mol. The second-order valence-corrected chi connectivity index (χ2v) is 9.67. The van der Waals surface area contributed by atoms with Gasteiger partial charge in [-0.25, -0.2) is 4.98 Å². The van der Waals surface area contributed by atoms with E-state index in [1.165, 1.54) is 5.56 Å². The fraction of sp³-hybridized carbons (Fsp3) is 0.111. The molecule has 6 rings (SSSR count). The lowest BCUT2D eigenvalue weighted by atomic mass is 9.86. The topological polar surface area (TPSA) is 60.9 Å². The fourth-order valence-corrected chi connectivity index (χ4v) is 5.25. The average Bonchev–Trinajstić information content (AvgIpc) is 3.52. The van der Waals surface area contributed by atoms with Gasteiger partial charge in [0.2, 0.25) is 0 Å². The van der Waals surface area contributed by atoms with Crippen molar-refractivity contribution in [1.82, 2.24) is 29.6 Å². The summed E-state index contributed by atoms with van der Waals surface area (Å²) in [6, 6.07) is 24.2. The molecular weight excluding hydrogens is 479 g/mol. The molecule has 3 heterocycles. The minimum Gasteiger partial charge on any atom is -0.336 e. The number of pyridine rings is 1. The molecule has 172 valence electrons. The Morgan fingerprint density at radius 3 is 2.46 bits per heavy atom. The largest absolute Gasteiger partial charge is 0.336 e. The lowest BCUT2D eigenvalue weighted by Crippen LogP contribution is -2.25. The molecule has 6 nitrogen and oxygen atoms in total. The van der Waals surface area contributed by atoms with Gasteiger partial charge in [-0.15, -0.1) is 16.7 Å². The number of hydrogen-bond donors (Lipinski definition) is 0. The monoisotopic (exact) mass is 498 g/mol. The first-order chi connectivity index (χ1) is 16.9. The molecule has 0 radical (unpaired) electrons. The van der Waals surface area contributed by atoms with E-state index < -0.39 is 4.87 Å². The second kappa shape index (κ2) is 8.18. The normalized spacial score (nSPS) is 13.4. The summed E-state index contributed by atoms with van der Waals surface area (Å²) in [7, 11) is 1.94. The van der Waals surface area contributed by atoms with E-state index >= 15 is 0 Å². The van der Waals surface area contributed by atoms with Gasteiger partial charge in [0.25, 0.3) is 0 Å². The smallest absolute Gasteiger partial charge is 0.180 e. The lowest BCUT2D eigenvalue weighted by Gasteiger charge is -2.29. The van der Waals surface area contributed by atoms with E-state index in [4.69, 9.17) is 23.2 Å². The van der Waals surface area contributed by atoms with Crippen molar-refractivity contribution in [3.8, 4) is 11.1 Å². The van der Waals surface area contributed by atoms with E-state index in [1.54, 1.807) is 17.0 Å². The maximum absolute atomic E-state index is 7.58. The molecular formula is C27H20Cl2N6. The molecule has 0 spiro atoms. The van der Waals surface area contributed by atoms with Gasteiger partial charge >= 0.3 is 0 Å². The Morgan fingerprint density at radius 1 is 0.914 bits per heavy atom. The van der Waals surface area contributed by atoms with E-state index in [2.05, 4.69) is 57.8 Å². The molecule has 6 aromatic rings. The third kappa shape index (κ3) is 3.49. The van der Waals surface area contributed by atoms with E-state index in [0.29, 0.717) is 10.7 Å². The average molecular weight is 499 g/mol. The maximum Gasteiger partial charge on any atom is 0.180 e. The highest BCUT2D eigenvalue weighted by molar-refractivity contribution is 6.31. The Hall–Kier alpha value is -3.74. The molecule has 0 saturated carbocycles. The van der Waals surface area contributed by atoms with Crippen LogP contribution in [0.5, 0.6) is 0 Å². The predicted octanol–water partition coefficient (Wildman–Crippen LogP) is 6.17. The Bertz CT molecular complexity index is 1700. The Morgan fingerprint density at radius 2 is 1.71 bits per heavy atom. The molecule has 0 amide bonds. The quantitative estimate of drug-likeness (QED) is 0.272. The van der Waals surface area contributed by atoms with Gasteiger partial charge in [-0.3, -0.25) is 0 Å². The lowest BCUT2D eigenvalue weighted by molar-refractivity contribution is 0.746. The molecule has 0 N–H and O–H groups in total. The van der Waals surface area contributed by atoms with Crippen LogP contribution in [-0.2, 0) is 11.9 Å². The molecule has 0 aliphatic heterocycles. The van der Waals surface area contributed by atoms with Crippen molar-refractivity contribution in [3.63, 3.8) is 0 Å². The van der Waals surface area contributed by atoms with Crippen LogP contribution < -0.4 is 0 Å². The van der Waals surface area contributed by atoms with E-state index in [0.717, 1.165) is 38.9 Å². The number of alkyl halides is 1. The van der Waals surface area contributed by atoms with Crippen LogP contribution in [0.4, 0.5) is 0 Å². The molecule has 8 heteroatoms. The van der Waals surface area contributed by atoms with Gasteiger partial charge in [-0.2, -0.15) is 4.52 Å². The van der Waals surface area contributed by atoms with Crippen LogP contribution in [0.1, 0.15) is 22.4 Å². The highest BCUT2D eigenvalue weighted by atomic mass is 35.5. The number of fused-ring (bicyclic) bond motifs is 3. The van der Waals surface area contributed by atoms with Crippen molar-refractivity contribution in [3.05, 3.63) is 113 Å². The molecule has 1 atom stereocenters. The Labute approximate surface area is 211 Å². The number of rotatable bonds is 4. The number of aryl methyl sites for hydroxylation is 2. The van der Waals surface area contributed by atoms with Crippen molar-refractivity contribution < 1.29 is 0 Å². The number of aromatic nitrogens is 6. The zero-order valence-corrected chi connectivity index (χ0v) is 20.5. The van der Waals surface area contributed by atoms with Crippen LogP contribution in [-0.4, -0.2) is 29.6 Å². The fourth-order valence-electron chi connectivity index (χ4n) is 4.70. The summed E-state index contributed by atoms with van der Waals surface area (Å²) < 4.78 is 3.69. The van der Waals surface area contributed by atoms with Crippen molar-refractivity contribution in [2.45, 2.75) is 11.8 Å². The number of tetrazole rings is 1. The second-order valence-electron chi connectivity index (χ2n) is 8.66. The van der Waals surface area contributed by atoms with Crippen molar-refractivity contribution in [2.75, 3.05) is 0 Å². The minimum atomic E-state index is -0.997. The number of imidazole rings is 1. The van der Waals surface area contributed by atoms with Gasteiger partial charge in [-0.1, -0.05) is 59.6 Å². The number of benzene rings is 3. The molecule has 3 aromatic heterocycles. The first-order valence-corrected chi connectivity index (χ1v) is 11.8. The van der Waals surface area contributed by atoms with Crippen LogP contribution >= 0.6 is 23.2 Å². The molecule has 0 fully saturated rings. The summed E-state index contributed by atoms with van der Waals surface area (Å²) in [6.45, 7) is 2.08. The standard InChI is InChI=1S/C27H20Cl2N6/c1-17-4-3-5-18(12-17)22-14-26-31-32-33-35(26)24-11-8-20(13-23(22)24)27(29,25-15-30-16-34(25)2)19-6-9-21(28)10-7-19/h3-16H,1-2H3. The van der Waals surface area contributed by atoms with Crippen LogP contribution in [0.2, 0.25) is 5.02 Å². The molecule has 0 bridgehead atoms. The minimum absolute atomic E-state index is 0.652. The summed E-state index contributed by atoms with van der Waals surface area (Å²) in [6.07, 6.45) is 3.56. The van der Waals surface area contributed by atoms with Crippen LogP contribution in [0.3, 0.4) is 0 Å². The molecule has 35 heavy (non-hydrogen) atoms. The third-order valence-electron chi connectivity index (χ3n) is 6.42. The number of halogens is 2. The number of nitrogens with zero attached hydrogens (tertiary/aromatic N) is 6. The first-order valence-electron chi connectivity index (χ1n) is 11.1. The first kappa shape index (κ1) is 21.8. The Kier molecular flexibility index (Phi) is 5.09. The third-order valence-corrected chi connectivity index (χ3v) is 7.30. The highest BCUT2D eigenvalue weighted by Gasteiger charge is 2.37. The van der Waals surface area contributed by atoms with Gasteiger partial charge < -0.3 is 4.57 Å². The SMILES string of the molecule is Cc1cccc(-c2cc3nnnn3c3ccc(C(Cl)(c4ccc(Cl)cc4)c4cncn4C)cc23)c1. The summed E-state index contributed by atoms with van der Waals surface area (Å²) in [5.74, 6) is 0. The zero-order chi connectivity index (χ0) is 24.2. The summed E-state index contributed by atoms with van der Waals surface area (Å²) in [5.41, 5.74) is 7.52. The van der Waals surface area contributed by atoms with Crippen molar-refractivity contribution >= 4 is 39.8 Å². The summed E-state index contributed by atoms with van der Waals surface area (Å²) >= 11 is 13.8. The summed E-state index contributed by atoms with van der Waals surface area (Å²) in [5, 5.41) is 14.0. The number of hydrogen-bond acceptors (Lipinski definition) is 4. The van der Waals surface area contributed by atoms with Crippen LogP contribution in [0.25, 0.3) is 27.7 Å². The maximum atomic E-state index is 7.58. The van der Waals surface area contributed by atoms with Gasteiger partial charge in [0.05, 0.1) is 23.7 Å². The van der Waals surface area contributed by atoms with Crippen LogP contribution in [0, 0.1) is 6.92 Å². The zero-order valence-electron chi connectivity index (χ0n) is 19.0. The van der Waals surface area contributed by atoms with E-state index in [1.807, 2.05) is 54.1 Å². The van der Waals surface area contributed by atoms with Gasteiger partial charge in [-0.05, 0) is 69.9 Å². The van der Waals surface area contributed by atoms with Gasteiger partial charge in [0.1, 0.15) is 4.87 Å². The van der Waals surface area contributed by atoms with Gasteiger partial charge in [0.15, 0.2) is 5.65 Å². The highest BCUT2D eigenvalue weighted by Crippen LogP contribution is 2.44. The summed E-state index contributed by atoms with van der Waals surface area (Å²) in [4.78, 5) is 3.35. The molecule has 1 unspecified atom stereocenters. The van der Waals surface area contributed by atoms with Crippen molar-refractivity contribution in [1.29, 1.82) is 0 Å². The molecule has 0 aliphatic carbocycles. The molecule has 0 saturated heterocycles. The van der Waals surface area contributed by atoms with Crippen LogP contribution in [0.15, 0.2) is 85.3 Å². The van der Waals surface area contributed by atoms with E-state index in [-0.39, 0.29) is 0 Å². The van der Waals surface area contributed by atoms with Crippen molar-refractivity contribution in [2.24, 2.45) is 7.05 Å². The molecule has 0 aliphatic rings. The van der Waals surface area contributed by atoms with Gasteiger partial charge in [0, 0.05) is 17.5 Å².